The number of carbonyl (C=O) groups is 1. The Labute approximate surface area is 140 Å². The van der Waals surface area contributed by atoms with Crippen molar-refractivity contribution < 1.29 is 18.8 Å². The summed E-state index contributed by atoms with van der Waals surface area (Å²) in [5.41, 5.74) is -0.0682. The molecule has 0 spiro atoms. The van der Waals surface area contributed by atoms with Crippen molar-refractivity contribution in [1.82, 2.24) is 15.5 Å². The predicted octanol–water partition coefficient (Wildman–Crippen LogP) is 2.59. The van der Waals surface area contributed by atoms with Gasteiger partial charge in [0, 0.05) is 12.5 Å². The standard InChI is InChI=1S/C17H21N3O4/c1-11-18-16(20-24-11)17(8-4-5-9-17)19-15(21)12-6-7-13(22-2)14(10-12)23-3/h6-7,10H,4-5,8-9H2,1-3H3,(H,19,21). The Morgan fingerprint density at radius 2 is 1.92 bits per heavy atom. The summed E-state index contributed by atoms with van der Waals surface area (Å²) in [7, 11) is 3.10. The van der Waals surface area contributed by atoms with Crippen LogP contribution in [0, 0.1) is 6.92 Å². The molecule has 0 atom stereocenters. The quantitative estimate of drug-likeness (QED) is 0.906. The fourth-order valence-electron chi connectivity index (χ4n) is 3.14. The summed E-state index contributed by atoms with van der Waals surface area (Å²) in [4.78, 5) is 17.1. The molecule has 0 radical (unpaired) electrons. The van der Waals surface area contributed by atoms with Gasteiger partial charge in [-0.1, -0.05) is 18.0 Å². The molecule has 1 aromatic carbocycles. The lowest BCUT2D eigenvalue weighted by atomic mass is 9.96. The van der Waals surface area contributed by atoms with Crippen LogP contribution in [-0.4, -0.2) is 30.3 Å². The number of hydrogen-bond donors (Lipinski definition) is 1. The van der Waals surface area contributed by atoms with Crippen molar-refractivity contribution in [3.63, 3.8) is 0 Å². The number of nitrogens with zero attached hydrogens (tertiary/aromatic N) is 2. The molecule has 128 valence electrons. The lowest BCUT2D eigenvalue weighted by Crippen LogP contribution is -2.44. The zero-order valence-electron chi connectivity index (χ0n) is 14.1. The number of benzene rings is 1. The molecule has 7 heteroatoms. The van der Waals surface area contributed by atoms with Gasteiger partial charge in [-0.25, -0.2) is 0 Å². The van der Waals surface area contributed by atoms with Crippen LogP contribution in [-0.2, 0) is 5.54 Å². The molecule has 1 N–H and O–H groups in total. The topological polar surface area (TPSA) is 86.5 Å². The van der Waals surface area contributed by atoms with E-state index in [2.05, 4.69) is 15.5 Å². The average Bonchev–Trinajstić information content (AvgIpc) is 3.24. The molecule has 1 aliphatic rings. The molecule has 1 amide bonds. The number of ether oxygens (including phenoxy) is 2. The largest absolute Gasteiger partial charge is 0.493 e. The molecule has 0 saturated heterocycles. The van der Waals surface area contributed by atoms with E-state index < -0.39 is 5.54 Å². The predicted molar refractivity (Wildman–Crippen MR) is 86.2 cm³/mol. The number of nitrogens with one attached hydrogen (secondary N) is 1. The second kappa shape index (κ2) is 6.51. The lowest BCUT2D eigenvalue weighted by molar-refractivity contribution is 0.0891. The maximum absolute atomic E-state index is 12.8. The first kappa shape index (κ1) is 16.3. The van der Waals surface area contributed by atoms with Gasteiger partial charge in [0.1, 0.15) is 5.54 Å². The Balaban J connectivity index is 1.87. The van der Waals surface area contributed by atoms with Crippen molar-refractivity contribution in [1.29, 1.82) is 0 Å². The molecule has 1 fully saturated rings. The first-order chi connectivity index (χ1) is 11.6. The van der Waals surface area contributed by atoms with Crippen molar-refractivity contribution >= 4 is 5.91 Å². The monoisotopic (exact) mass is 331 g/mol. The molecule has 0 aliphatic heterocycles. The van der Waals surface area contributed by atoms with Gasteiger partial charge in [0.05, 0.1) is 14.2 Å². The van der Waals surface area contributed by atoms with Gasteiger partial charge in [-0.2, -0.15) is 4.98 Å². The van der Waals surface area contributed by atoms with Crippen LogP contribution in [0.25, 0.3) is 0 Å². The van der Waals surface area contributed by atoms with Gasteiger partial charge in [0.25, 0.3) is 5.91 Å². The van der Waals surface area contributed by atoms with Gasteiger partial charge in [0.2, 0.25) is 5.89 Å². The van der Waals surface area contributed by atoms with Crippen molar-refractivity contribution in [3.05, 3.63) is 35.5 Å². The van der Waals surface area contributed by atoms with E-state index in [1.807, 2.05) is 0 Å². The van der Waals surface area contributed by atoms with Crippen LogP contribution in [0.3, 0.4) is 0 Å². The number of amides is 1. The molecule has 3 rings (SSSR count). The number of hydrogen-bond acceptors (Lipinski definition) is 6. The zero-order valence-corrected chi connectivity index (χ0v) is 14.1. The second-order valence-corrected chi connectivity index (χ2v) is 5.95. The summed E-state index contributed by atoms with van der Waals surface area (Å²) in [6.45, 7) is 1.75. The first-order valence-electron chi connectivity index (χ1n) is 7.93. The molecule has 0 unspecified atom stereocenters. The Morgan fingerprint density at radius 3 is 2.50 bits per heavy atom. The number of aromatic nitrogens is 2. The highest BCUT2D eigenvalue weighted by molar-refractivity contribution is 5.95. The van der Waals surface area contributed by atoms with Gasteiger partial charge in [0.15, 0.2) is 17.3 Å². The molecule has 1 heterocycles. The van der Waals surface area contributed by atoms with E-state index in [9.17, 15) is 4.79 Å². The minimum Gasteiger partial charge on any atom is -0.493 e. The molecule has 0 bridgehead atoms. The van der Waals surface area contributed by atoms with E-state index in [1.165, 1.54) is 0 Å². The molecule has 2 aromatic rings. The summed E-state index contributed by atoms with van der Waals surface area (Å²) < 4.78 is 15.6. The van der Waals surface area contributed by atoms with Crippen molar-refractivity contribution in [2.45, 2.75) is 38.1 Å². The zero-order chi connectivity index (χ0) is 17.2. The van der Waals surface area contributed by atoms with Crippen molar-refractivity contribution in [3.8, 4) is 11.5 Å². The molecule has 1 saturated carbocycles. The molecule has 1 aliphatic carbocycles. The van der Waals surface area contributed by atoms with Gasteiger partial charge in [-0.15, -0.1) is 0 Å². The smallest absolute Gasteiger partial charge is 0.252 e. The third kappa shape index (κ3) is 2.93. The summed E-state index contributed by atoms with van der Waals surface area (Å²) >= 11 is 0. The Hall–Kier alpha value is -2.57. The van der Waals surface area contributed by atoms with E-state index in [0.717, 1.165) is 25.7 Å². The highest BCUT2D eigenvalue weighted by atomic mass is 16.5. The number of methoxy groups -OCH3 is 2. The van der Waals surface area contributed by atoms with Crippen LogP contribution in [0.1, 0.15) is 47.8 Å². The van der Waals surface area contributed by atoms with Crippen molar-refractivity contribution in [2.24, 2.45) is 0 Å². The van der Waals surface area contributed by atoms with Crippen LogP contribution < -0.4 is 14.8 Å². The van der Waals surface area contributed by atoms with Crippen LogP contribution in [0.5, 0.6) is 11.5 Å². The normalized spacial score (nSPS) is 16.0. The Kier molecular flexibility index (Phi) is 4.42. The van der Waals surface area contributed by atoms with Crippen LogP contribution in [0.4, 0.5) is 0 Å². The van der Waals surface area contributed by atoms with E-state index in [-0.39, 0.29) is 5.91 Å². The van der Waals surface area contributed by atoms with E-state index in [0.29, 0.717) is 28.8 Å². The number of carbonyl (C=O) groups excluding carboxylic acids is 1. The second-order valence-electron chi connectivity index (χ2n) is 5.95. The summed E-state index contributed by atoms with van der Waals surface area (Å²) in [6.07, 6.45) is 3.62. The maximum atomic E-state index is 12.8. The SMILES string of the molecule is COc1ccc(C(=O)NC2(c3noc(C)n3)CCCC2)cc1OC. The van der Waals surface area contributed by atoms with Gasteiger partial charge in [-0.05, 0) is 31.0 Å². The minimum absolute atomic E-state index is 0.194. The highest BCUT2D eigenvalue weighted by Gasteiger charge is 2.41. The molecule has 1 aromatic heterocycles. The van der Waals surface area contributed by atoms with Gasteiger partial charge >= 0.3 is 0 Å². The first-order valence-corrected chi connectivity index (χ1v) is 7.93. The third-order valence-electron chi connectivity index (χ3n) is 4.41. The van der Waals surface area contributed by atoms with Crippen LogP contribution in [0.15, 0.2) is 22.7 Å². The highest BCUT2D eigenvalue weighted by Crippen LogP contribution is 2.38. The van der Waals surface area contributed by atoms with Gasteiger partial charge in [-0.3, -0.25) is 4.79 Å². The number of aryl methyl sites for hydroxylation is 1. The van der Waals surface area contributed by atoms with Crippen LogP contribution in [0.2, 0.25) is 0 Å². The molecular weight excluding hydrogens is 310 g/mol. The molecule has 24 heavy (non-hydrogen) atoms. The molecular formula is C17H21N3O4. The summed E-state index contributed by atoms with van der Waals surface area (Å²) in [6, 6.07) is 5.09. The van der Waals surface area contributed by atoms with E-state index in [4.69, 9.17) is 14.0 Å². The van der Waals surface area contributed by atoms with Crippen molar-refractivity contribution in [2.75, 3.05) is 14.2 Å². The van der Waals surface area contributed by atoms with Crippen LogP contribution >= 0.6 is 0 Å². The van der Waals surface area contributed by atoms with Gasteiger partial charge < -0.3 is 19.3 Å². The Morgan fingerprint density at radius 1 is 1.21 bits per heavy atom. The lowest BCUT2D eigenvalue weighted by Gasteiger charge is -2.26. The fraction of sp³-hybridized carbons (Fsp3) is 0.471. The molecule has 7 nitrogen and oxygen atoms in total. The Bertz CT molecular complexity index is 735. The van der Waals surface area contributed by atoms with E-state index in [1.54, 1.807) is 39.3 Å². The fourth-order valence-corrected chi connectivity index (χ4v) is 3.14. The minimum atomic E-state index is -0.567. The summed E-state index contributed by atoms with van der Waals surface area (Å²) in [5, 5.41) is 7.14. The summed E-state index contributed by atoms with van der Waals surface area (Å²) in [5.74, 6) is 1.95. The number of rotatable bonds is 5. The maximum Gasteiger partial charge on any atom is 0.252 e. The van der Waals surface area contributed by atoms with E-state index >= 15 is 0 Å². The third-order valence-corrected chi connectivity index (χ3v) is 4.41. The average molecular weight is 331 g/mol.